The number of carbonyl (C=O) groups is 3. The van der Waals surface area contributed by atoms with Gasteiger partial charge in [-0.15, -0.1) is 0 Å². The molecule has 0 atom stereocenters. The number of ether oxygens (including phenoxy) is 1. The summed E-state index contributed by atoms with van der Waals surface area (Å²) in [6, 6.07) is 11.5. The average molecular weight is 407 g/mol. The lowest BCUT2D eigenvalue weighted by atomic mass is 10.1. The van der Waals surface area contributed by atoms with Gasteiger partial charge in [0.15, 0.2) is 0 Å². The van der Waals surface area contributed by atoms with E-state index in [2.05, 4.69) is 0 Å². The van der Waals surface area contributed by atoms with Gasteiger partial charge in [-0.25, -0.2) is 9.69 Å². The Morgan fingerprint density at radius 3 is 2.14 bits per heavy atom. The van der Waals surface area contributed by atoms with Crippen molar-refractivity contribution in [2.45, 2.75) is 0 Å². The minimum absolute atomic E-state index is 0.184. The number of benzene rings is 2. The maximum absolute atomic E-state index is 12.6. The first-order valence-electron chi connectivity index (χ1n) is 6.41. The lowest BCUT2D eigenvalue weighted by Crippen LogP contribution is -2.32. The summed E-state index contributed by atoms with van der Waals surface area (Å²) in [5.74, 6) is -1.46. The van der Waals surface area contributed by atoms with Crippen molar-refractivity contribution in [3.8, 4) is 0 Å². The number of halogens is 1. The van der Waals surface area contributed by atoms with Gasteiger partial charge in [-0.3, -0.25) is 9.59 Å². The van der Waals surface area contributed by atoms with E-state index >= 15 is 0 Å². The van der Waals surface area contributed by atoms with Crippen LogP contribution in [0.15, 0.2) is 42.5 Å². The van der Waals surface area contributed by atoms with Crippen LogP contribution in [0.2, 0.25) is 0 Å². The second kappa shape index (κ2) is 5.53. The Morgan fingerprint density at radius 2 is 1.59 bits per heavy atom. The molecular formula is C16H10INO4. The van der Waals surface area contributed by atoms with E-state index in [4.69, 9.17) is 4.74 Å². The van der Waals surface area contributed by atoms with Crippen LogP contribution in [0.4, 0.5) is 5.69 Å². The number of para-hydroxylation sites is 1. The van der Waals surface area contributed by atoms with Crippen LogP contribution in [0.3, 0.4) is 0 Å². The Morgan fingerprint density at radius 1 is 1.00 bits per heavy atom. The number of imide groups is 1. The van der Waals surface area contributed by atoms with E-state index in [0.717, 1.165) is 4.90 Å². The van der Waals surface area contributed by atoms with Crippen molar-refractivity contribution in [1.82, 2.24) is 0 Å². The molecule has 0 saturated heterocycles. The van der Waals surface area contributed by atoms with Gasteiger partial charge in [0.05, 0.1) is 29.5 Å². The fraction of sp³-hybridized carbons (Fsp3) is 0.0625. The number of esters is 1. The fourth-order valence-electron chi connectivity index (χ4n) is 2.41. The smallest absolute Gasteiger partial charge is 0.340 e. The highest BCUT2D eigenvalue weighted by molar-refractivity contribution is 14.1. The molecular weight excluding hydrogens is 397 g/mol. The van der Waals surface area contributed by atoms with Gasteiger partial charge >= 0.3 is 5.97 Å². The molecule has 1 aliphatic heterocycles. The molecule has 0 saturated carbocycles. The minimum Gasteiger partial charge on any atom is -0.465 e. The number of hydrogen-bond donors (Lipinski definition) is 0. The number of amides is 2. The van der Waals surface area contributed by atoms with Crippen LogP contribution in [0.1, 0.15) is 31.1 Å². The zero-order valence-corrected chi connectivity index (χ0v) is 13.7. The number of carbonyl (C=O) groups excluding carboxylic acids is 3. The Balaban J connectivity index is 2.20. The van der Waals surface area contributed by atoms with Crippen LogP contribution in [-0.4, -0.2) is 24.9 Å². The van der Waals surface area contributed by atoms with Gasteiger partial charge < -0.3 is 4.74 Å². The maximum Gasteiger partial charge on any atom is 0.340 e. The molecule has 0 aliphatic carbocycles. The van der Waals surface area contributed by atoms with Crippen molar-refractivity contribution in [1.29, 1.82) is 0 Å². The van der Waals surface area contributed by atoms with Crippen molar-refractivity contribution in [3.63, 3.8) is 0 Å². The molecule has 3 rings (SSSR count). The van der Waals surface area contributed by atoms with Gasteiger partial charge in [-0.05, 0) is 46.9 Å². The van der Waals surface area contributed by atoms with E-state index in [0.29, 0.717) is 14.7 Å². The van der Waals surface area contributed by atoms with Crippen molar-refractivity contribution >= 4 is 46.1 Å². The molecule has 6 heteroatoms. The zero-order chi connectivity index (χ0) is 15.9. The number of nitrogens with zero attached hydrogens (tertiary/aromatic N) is 1. The molecule has 2 aromatic carbocycles. The normalized spacial score (nSPS) is 13.3. The zero-order valence-electron chi connectivity index (χ0n) is 11.5. The highest BCUT2D eigenvalue weighted by Crippen LogP contribution is 2.34. The van der Waals surface area contributed by atoms with Gasteiger partial charge in [0, 0.05) is 3.57 Å². The molecule has 0 unspecified atom stereocenters. The molecule has 0 bridgehead atoms. The molecule has 2 amide bonds. The van der Waals surface area contributed by atoms with E-state index in [1.807, 2.05) is 22.6 Å². The third-order valence-corrected chi connectivity index (χ3v) is 4.28. The molecule has 2 aromatic rings. The second-order valence-corrected chi connectivity index (χ2v) is 5.78. The largest absolute Gasteiger partial charge is 0.465 e. The van der Waals surface area contributed by atoms with Gasteiger partial charge in [0.1, 0.15) is 0 Å². The number of rotatable bonds is 2. The van der Waals surface area contributed by atoms with Crippen LogP contribution in [0.25, 0.3) is 0 Å². The predicted molar refractivity (Wildman–Crippen MR) is 88.1 cm³/mol. The first-order chi connectivity index (χ1) is 10.6. The summed E-state index contributed by atoms with van der Waals surface area (Å²) in [5, 5.41) is 0. The van der Waals surface area contributed by atoms with Crippen molar-refractivity contribution < 1.29 is 19.1 Å². The fourth-order valence-corrected chi connectivity index (χ4v) is 3.15. The minimum atomic E-state index is -0.593. The van der Waals surface area contributed by atoms with E-state index < -0.39 is 17.8 Å². The van der Waals surface area contributed by atoms with Crippen molar-refractivity contribution in [3.05, 3.63) is 62.7 Å². The molecule has 110 valence electrons. The van der Waals surface area contributed by atoms with Crippen LogP contribution in [0.5, 0.6) is 0 Å². The first-order valence-corrected chi connectivity index (χ1v) is 7.48. The van der Waals surface area contributed by atoms with Crippen molar-refractivity contribution in [2.24, 2.45) is 0 Å². The number of anilines is 1. The Hall–Kier alpha value is -2.22. The van der Waals surface area contributed by atoms with Crippen LogP contribution in [-0.2, 0) is 4.74 Å². The van der Waals surface area contributed by atoms with Crippen LogP contribution >= 0.6 is 22.6 Å². The third-order valence-electron chi connectivity index (χ3n) is 3.41. The molecule has 1 heterocycles. The molecule has 5 nitrogen and oxygen atoms in total. The number of hydrogen-bond acceptors (Lipinski definition) is 4. The summed E-state index contributed by atoms with van der Waals surface area (Å²) >= 11 is 1.99. The molecule has 0 N–H and O–H groups in total. The number of fused-ring (bicyclic) bond motifs is 1. The summed E-state index contributed by atoms with van der Waals surface area (Å²) in [6.07, 6.45) is 0. The lowest BCUT2D eigenvalue weighted by molar-refractivity contribution is 0.0601. The van der Waals surface area contributed by atoms with Gasteiger partial charge in [0.2, 0.25) is 0 Å². The highest BCUT2D eigenvalue weighted by Gasteiger charge is 2.39. The molecule has 22 heavy (non-hydrogen) atoms. The third kappa shape index (κ3) is 2.10. The molecule has 0 aromatic heterocycles. The molecule has 0 spiro atoms. The predicted octanol–water partition coefficient (Wildman–Crippen LogP) is 2.88. The standard InChI is InChI=1S/C16H10INO4/c1-22-16(21)11-7-4-8-12(17)13(11)18-14(19)9-5-2-3-6-10(9)15(18)20/h2-8H,1H3. The van der Waals surface area contributed by atoms with E-state index in [-0.39, 0.29) is 11.3 Å². The van der Waals surface area contributed by atoms with E-state index in [1.165, 1.54) is 13.2 Å². The maximum atomic E-state index is 12.6. The molecule has 0 radical (unpaired) electrons. The summed E-state index contributed by atoms with van der Waals surface area (Å²) in [4.78, 5) is 38.1. The lowest BCUT2D eigenvalue weighted by Gasteiger charge is -2.18. The monoisotopic (exact) mass is 407 g/mol. The highest BCUT2D eigenvalue weighted by atomic mass is 127. The summed E-state index contributed by atoms with van der Waals surface area (Å²) in [7, 11) is 1.26. The van der Waals surface area contributed by atoms with E-state index in [1.54, 1.807) is 36.4 Å². The van der Waals surface area contributed by atoms with Gasteiger partial charge in [0.25, 0.3) is 11.8 Å². The summed E-state index contributed by atoms with van der Waals surface area (Å²) < 4.78 is 5.37. The van der Waals surface area contributed by atoms with Crippen LogP contribution in [0, 0.1) is 3.57 Å². The quantitative estimate of drug-likeness (QED) is 0.437. The molecule has 1 aliphatic rings. The van der Waals surface area contributed by atoms with Crippen LogP contribution < -0.4 is 4.90 Å². The van der Waals surface area contributed by atoms with E-state index in [9.17, 15) is 14.4 Å². The SMILES string of the molecule is COC(=O)c1cccc(I)c1N1C(=O)c2ccccc2C1=O. The Labute approximate surface area is 140 Å². The van der Waals surface area contributed by atoms with Gasteiger partial charge in [-0.2, -0.15) is 0 Å². The number of methoxy groups -OCH3 is 1. The topological polar surface area (TPSA) is 63.7 Å². The average Bonchev–Trinajstić information content (AvgIpc) is 2.79. The molecule has 0 fully saturated rings. The van der Waals surface area contributed by atoms with Gasteiger partial charge in [-0.1, -0.05) is 18.2 Å². The second-order valence-electron chi connectivity index (χ2n) is 4.62. The summed E-state index contributed by atoms with van der Waals surface area (Å²) in [6.45, 7) is 0. The summed E-state index contributed by atoms with van der Waals surface area (Å²) in [5.41, 5.74) is 1.12. The van der Waals surface area contributed by atoms with Crippen molar-refractivity contribution in [2.75, 3.05) is 12.0 Å². The Bertz CT molecular complexity index is 781. The Kier molecular flexibility index (Phi) is 3.69. The first kappa shape index (κ1) is 14.7.